The molecule has 0 spiro atoms. The molecule has 19 heavy (non-hydrogen) atoms. The molecule has 0 bridgehead atoms. The van der Waals surface area contributed by atoms with Gasteiger partial charge in [-0.2, -0.15) is 0 Å². The fraction of sp³-hybridized carbons (Fsp3) is 0.333. The molecule has 0 unspecified atom stereocenters. The van der Waals surface area contributed by atoms with E-state index < -0.39 is 0 Å². The Kier molecular flexibility index (Phi) is 4.80. The van der Waals surface area contributed by atoms with Gasteiger partial charge in [0.2, 0.25) is 0 Å². The molecule has 0 amide bonds. The summed E-state index contributed by atoms with van der Waals surface area (Å²) in [6.45, 7) is 7.11. The third-order valence-electron chi connectivity index (χ3n) is 2.58. The van der Waals surface area contributed by atoms with Crippen LogP contribution in [0.25, 0.3) is 0 Å². The van der Waals surface area contributed by atoms with Crippen LogP contribution in [0.1, 0.15) is 24.7 Å². The summed E-state index contributed by atoms with van der Waals surface area (Å²) in [5.41, 5.74) is 1.26. The number of anilines is 1. The maximum atomic E-state index is 4.48. The summed E-state index contributed by atoms with van der Waals surface area (Å²) in [5, 5.41) is 4.29. The number of aryl methyl sites for hydroxylation is 2. The van der Waals surface area contributed by atoms with Gasteiger partial charge in [0, 0.05) is 17.5 Å². The smallest absolute Gasteiger partial charge is 0.130 e. The van der Waals surface area contributed by atoms with Crippen LogP contribution < -0.4 is 5.32 Å². The van der Waals surface area contributed by atoms with Gasteiger partial charge in [-0.1, -0.05) is 36.4 Å². The summed E-state index contributed by atoms with van der Waals surface area (Å²) in [6, 6.07) is 10.5. The van der Waals surface area contributed by atoms with E-state index in [-0.39, 0.29) is 0 Å². The Morgan fingerprint density at radius 1 is 1.16 bits per heavy atom. The number of nitrogens with zero attached hydrogens (tertiary/aromatic N) is 2. The molecule has 1 heterocycles. The largest absolute Gasteiger partial charge is 0.370 e. The minimum Gasteiger partial charge on any atom is -0.370 e. The first-order chi connectivity index (χ1) is 9.17. The van der Waals surface area contributed by atoms with E-state index in [0.29, 0.717) is 0 Å². The Bertz CT molecular complexity index is 555. The molecule has 0 aliphatic carbocycles. The maximum absolute atomic E-state index is 4.48. The van der Waals surface area contributed by atoms with Crippen molar-refractivity contribution in [1.82, 2.24) is 9.97 Å². The van der Waals surface area contributed by atoms with Crippen molar-refractivity contribution >= 4 is 17.6 Å². The monoisotopic (exact) mass is 273 g/mol. The minimum atomic E-state index is 0.802. The van der Waals surface area contributed by atoms with E-state index in [0.717, 1.165) is 29.6 Å². The first-order valence-electron chi connectivity index (χ1n) is 6.51. The molecule has 0 saturated heterocycles. The van der Waals surface area contributed by atoms with Crippen molar-refractivity contribution in [2.24, 2.45) is 0 Å². The van der Waals surface area contributed by atoms with Crippen molar-refractivity contribution in [2.75, 3.05) is 11.9 Å². The van der Waals surface area contributed by atoms with Gasteiger partial charge in [0.1, 0.15) is 16.7 Å². The van der Waals surface area contributed by atoms with Gasteiger partial charge >= 0.3 is 0 Å². The lowest BCUT2D eigenvalue weighted by Crippen LogP contribution is -2.04. The molecule has 2 aromatic rings. The molecule has 0 aliphatic rings. The first-order valence-corrected chi connectivity index (χ1v) is 7.33. The molecule has 1 aromatic carbocycles. The summed E-state index contributed by atoms with van der Waals surface area (Å²) >= 11 is 1.67. The van der Waals surface area contributed by atoms with Crippen LogP contribution in [-0.2, 0) is 0 Å². The average molecular weight is 273 g/mol. The molecule has 0 fully saturated rings. The summed E-state index contributed by atoms with van der Waals surface area (Å²) in [4.78, 5) is 10.1. The number of hydrogen-bond donors (Lipinski definition) is 1. The van der Waals surface area contributed by atoms with Gasteiger partial charge in [0.25, 0.3) is 0 Å². The highest BCUT2D eigenvalue weighted by Gasteiger charge is 2.04. The molecule has 1 aromatic heterocycles. The van der Waals surface area contributed by atoms with Gasteiger partial charge in [-0.15, -0.1) is 0 Å². The highest BCUT2D eigenvalue weighted by atomic mass is 32.2. The quantitative estimate of drug-likeness (QED) is 0.833. The van der Waals surface area contributed by atoms with Crippen LogP contribution in [-0.4, -0.2) is 16.5 Å². The Morgan fingerprint density at radius 3 is 2.74 bits per heavy atom. The van der Waals surface area contributed by atoms with E-state index in [1.807, 2.05) is 13.0 Å². The van der Waals surface area contributed by atoms with Crippen molar-refractivity contribution in [3.8, 4) is 0 Å². The molecule has 4 heteroatoms. The molecule has 1 N–H and O–H groups in total. The van der Waals surface area contributed by atoms with E-state index in [1.165, 1.54) is 10.5 Å². The summed E-state index contributed by atoms with van der Waals surface area (Å²) in [5.74, 6) is 1.71. The third-order valence-corrected chi connectivity index (χ3v) is 3.49. The number of rotatable bonds is 5. The lowest BCUT2D eigenvalue weighted by atomic mass is 10.2. The second-order valence-electron chi connectivity index (χ2n) is 4.48. The Morgan fingerprint density at radius 2 is 2.00 bits per heavy atom. The Balaban J connectivity index is 2.17. The van der Waals surface area contributed by atoms with E-state index in [1.54, 1.807) is 11.8 Å². The van der Waals surface area contributed by atoms with Crippen LogP contribution >= 0.6 is 11.8 Å². The van der Waals surface area contributed by atoms with Crippen LogP contribution in [0, 0.1) is 13.8 Å². The standard InChI is InChI=1S/C15H19N3S/c1-4-8-16-14-10-15(18-12(3)17-14)19-13-7-5-6-11(2)9-13/h5-7,9-10H,4,8H2,1-3H3,(H,16,17,18). The predicted octanol–water partition coefficient (Wildman–Crippen LogP) is 4.07. The summed E-state index contributed by atoms with van der Waals surface area (Å²) < 4.78 is 0. The van der Waals surface area contributed by atoms with Crippen LogP contribution in [0.3, 0.4) is 0 Å². The van der Waals surface area contributed by atoms with Crippen molar-refractivity contribution in [3.05, 3.63) is 41.7 Å². The lowest BCUT2D eigenvalue weighted by Gasteiger charge is -2.07. The average Bonchev–Trinajstić information content (AvgIpc) is 2.35. The fourth-order valence-corrected chi connectivity index (χ4v) is 2.72. The van der Waals surface area contributed by atoms with Crippen molar-refractivity contribution in [3.63, 3.8) is 0 Å². The Labute approximate surface area is 118 Å². The van der Waals surface area contributed by atoms with Gasteiger partial charge in [-0.05, 0) is 32.4 Å². The predicted molar refractivity (Wildman–Crippen MR) is 80.9 cm³/mol. The zero-order chi connectivity index (χ0) is 13.7. The molecule has 2 rings (SSSR count). The van der Waals surface area contributed by atoms with Crippen LogP contribution in [0.4, 0.5) is 5.82 Å². The fourth-order valence-electron chi connectivity index (χ4n) is 1.74. The number of benzene rings is 1. The van der Waals surface area contributed by atoms with Gasteiger partial charge in [0.15, 0.2) is 0 Å². The summed E-state index contributed by atoms with van der Waals surface area (Å²) in [7, 11) is 0. The molecular formula is C15H19N3S. The first kappa shape index (κ1) is 13.9. The van der Waals surface area contributed by atoms with Crippen molar-refractivity contribution < 1.29 is 0 Å². The van der Waals surface area contributed by atoms with Crippen LogP contribution in [0.5, 0.6) is 0 Å². The highest BCUT2D eigenvalue weighted by molar-refractivity contribution is 7.99. The highest BCUT2D eigenvalue weighted by Crippen LogP contribution is 2.27. The number of hydrogen-bond acceptors (Lipinski definition) is 4. The molecule has 0 saturated carbocycles. The number of nitrogens with one attached hydrogen (secondary N) is 1. The molecular weight excluding hydrogens is 254 g/mol. The van der Waals surface area contributed by atoms with Gasteiger partial charge in [-0.3, -0.25) is 0 Å². The van der Waals surface area contributed by atoms with Gasteiger partial charge in [-0.25, -0.2) is 9.97 Å². The molecule has 100 valence electrons. The molecule has 0 atom stereocenters. The topological polar surface area (TPSA) is 37.8 Å². The van der Waals surface area contributed by atoms with Gasteiger partial charge < -0.3 is 5.32 Å². The second-order valence-corrected chi connectivity index (χ2v) is 5.58. The van der Waals surface area contributed by atoms with E-state index in [9.17, 15) is 0 Å². The second kappa shape index (κ2) is 6.57. The SMILES string of the molecule is CCCNc1cc(Sc2cccc(C)c2)nc(C)n1. The lowest BCUT2D eigenvalue weighted by molar-refractivity contribution is 0.928. The van der Waals surface area contributed by atoms with Crippen LogP contribution in [0.15, 0.2) is 40.3 Å². The van der Waals surface area contributed by atoms with Gasteiger partial charge in [0.05, 0.1) is 0 Å². The van der Waals surface area contributed by atoms with Crippen molar-refractivity contribution in [2.45, 2.75) is 37.1 Å². The minimum absolute atomic E-state index is 0.802. The number of aromatic nitrogens is 2. The normalized spacial score (nSPS) is 10.5. The molecule has 0 radical (unpaired) electrons. The zero-order valence-corrected chi connectivity index (χ0v) is 12.4. The maximum Gasteiger partial charge on any atom is 0.130 e. The molecule has 3 nitrogen and oxygen atoms in total. The summed E-state index contributed by atoms with van der Waals surface area (Å²) in [6.07, 6.45) is 1.09. The Hall–Kier alpha value is -1.55. The van der Waals surface area contributed by atoms with E-state index in [4.69, 9.17) is 0 Å². The zero-order valence-electron chi connectivity index (χ0n) is 11.6. The van der Waals surface area contributed by atoms with E-state index >= 15 is 0 Å². The third kappa shape index (κ3) is 4.24. The molecule has 0 aliphatic heterocycles. The van der Waals surface area contributed by atoms with Crippen LogP contribution in [0.2, 0.25) is 0 Å². The van der Waals surface area contributed by atoms with Crippen molar-refractivity contribution in [1.29, 1.82) is 0 Å². The van der Waals surface area contributed by atoms with E-state index in [2.05, 4.69) is 53.4 Å².